The Morgan fingerprint density at radius 3 is 2.62 bits per heavy atom. The molecular formula is C15H24O. The quantitative estimate of drug-likeness (QED) is 0.662. The van der Waals surface area contributed by atoms with Crippen molar-refractivity contribution in [3.05, 3.63) is 35.5 Å². The maximum atomic E-state index is 10.2. The summed E-state index contributed by atoms with van der Waals surface area (Å²) < 4.78 is 0. The maximum absolute atomic E-state index is 10.2. The molecule has 1 rings (SSSR count). The van der Waals surface area contributed by atoms with Crippen LogP contribution in [0, 0.1) is 5.92 Å². The van der Waals surface area contributed by atoms with Gasteiger partial charge in [0.25, 0.3) is 0 Å². The molecule has 1 aliphatic rings. The first-order valence-electron chi connectivity index (χ1n) is 6.17. The summed E-state index contributed by atoms with van der Waals surface area (Å²) in [5.41, 5.74) is 3.81. The lowest BCUT2D eigenvalue weighted by molar-refractivity contribution is 0.164. The molecule has 2 atom stereocenters. The molecule has 1 N–H and O–H groups in total. The van der Waals surface area contributed by atoms with Gasteiger partial charge in [-0.25, -0.2) is 0 Å². The van der Waals surface area contributed by atoms with E-state index in [2.05, 4.69) is 26.5 Å². The van der Waals surface area contributed by atoms with E-state index >= 15 is 0 Å². The van der Waals surface area contributed by atoms with Crippen molar-refractivity contribution in [3.8, 4) is 0 Å². The van der Waals surface area contributed by atoms with Crippen LogP contribution >= 0.6 is 0 Å². The van der Waals surface area contributed by atoms with Gasteiger partial charge < -0.3 is 5.11 Å². The normalized spacial score (nSPS) is 34.5. The van der Waals surface area contributed by atoms with Crippen LogP contribution in [0.3, 0.4) is 0 Å². The minimum atomic E-state index is -0.358. The Morgan fingerprint density at radius 1 is 1.31 bits per heavy atom. The number of rotatable bonds is 1. The Bertz CT molecular complexity index is 309. The van der Waals surface area contributed by atoms with Crippen molar-refractivity contribution in [2.24, 2.45) is 5.92 Å². The highest BCUT2D eigenvalue weighted by atomic mass is 16.3. The SMILES string of the molecule is C=C(C)C1CC/C(C)=C\CC/C(C)=C\C1O. The van der Waals surface area contributed by atoms with Gasteiger partial charge in [-0.1, -0.05) is 35.5 Å². The van der Waals surface area contributed by atoms with E-state index in [0.717, 1.165) is 31.3 Å². The summed E-state index contributed by atoms with van der Waals surface area (Å²) in [6, 6.07) is 0. The average molecular weight is 220 g/mol. The highest BCUT2D eigenvalue weighted by Crippen LogP contribution is 2.25. The van der Waals surface area contributed by atoms with E-state index in [1.165, 1.54) is 11.1 Å². The zero-order valence-corrected chi connectivity index (χ0v) is 10.8. The van der Waals surface area contributed by atoms with Crippen LogP contribution in [0.15, 0.2) is 35.5 Å². The summed E-state index contributed by atoms with van der Waals surface area (Å²) in [6.45, 7) is 10.3. The smallest absolute Gasteiger partial charge is 0.0788 e. The van der Waals surface area contributed by atoms with Crippen molar-refractivity contribution in [2.45, 2.75) is 52.6 Å². The monoisotopic (exact) mass is 220 g/mol. The van der Waals surface area contributed by atoms with Crippen molar-refractivity contribution in [3.63, 3.8) is 0 Å². The molecule has 0 radical (unpaired) electrons. The van der Waals surface area contributed by atoms with E-state index in [1.807, 2.05) is 13.0 Å². The van der Waals surface area contributed by atoms with Gasteiger partial charge in [0.2, 0.25) is 0 Å². The zero-order chi connectivity index (χ0) is 12.1. The van der Waals surface area contributed by atoms with Gasteiger partial charge in [0.05, 0.1) is 6.10 Å². The van der Waals surface area contributed by atoms with Gasteiger partial charge in [-0.05, 0) is 46.5 Å². The molecule has 0 aromatic rings. The minimum absolute atomic E-state index is 0.205. The highest BCUT2D eigenvalue weighted by Gasteiger charge is 2.18. The molecule has 0 bridgehead atoms. The van der Waals surface area contributed by atoms with E-state index < -0.39 is 0 Å². The van der Waals surface area contributed by atoms with Crippen molar-refractivity contribution in [1.29, 1.82) is 0 Å². The Balaban J connectivity index is 2.85. The topological polar surface area (TPSA) is 20.2 Å². The number of hydrogen-bond acceptors (Lipinski definition) is 1. The van der Waals surface area contributed by atoms with Crippen molar-refractivity contribution in [1.82, 2.24) is 0 Å². The summed E-state index contributed by atoms with van der Waals surface area (Å²) >= 11 is 0. The highest BCUT2D eigenvalue weighted by molar-refractivity contribution is 5.13. The van der Waals surface area contributed by atoms with E-state index in [4.69, 9.17) is 0 Å². The lowest BCUT2D eigenvalue weighted by atomic mass is 9.87. The molecule has 0 saturated heterocycles. The minimum Gasteiger partial charge on any atom is -0.388 e. The van der Waals surface area contributed by atoms with E-state index in [-0.39, 0.29) is 12.0 Å². The van der Waals surface area contributed by atoms with Gasteiger partial charge in [-0.3, -0.25) is 0 Å². The second kappa shape index (κ2) is 6.05. The predicted molar refractivity (Wildman–Crippen MR) is 70.3 cm³/mol. The van der Waals surface area contributed by atoms with Gasteiger partial charge in [0.15, 0.2) is 0 Å². The lowest BCUT2D eigenvalue weighted by Gasteiger charge is -2.22. The molecule has 16 heavy (non-hydrogen) atoms. The Morgan fingerprint density at radius 2 is 2.00 bits per heavy atom. The van der Waals surface area contributed by atoms with Crippen LogP contribution in [0.2, 0.25) is 0 Å². The predicted octanol–water partition coefficient (Wildman–Crippen LogP) is 4.01. The van der Waals surface area contributed by atoms with E-state index in [9.17, 15) is 5.11 Å². The number of aliphatic hydroxyl groups is 1. The first-order chi connectivity index (χ1) is 7.50. The molecule has 0 heterocycles. The first kappa shape index (κ1) is 13.2. The maximum Gasteiger partial charge on any atom is 0.0788 e. The van der Waals surface area contributed by atoms with Crippen LogP contribution in [-0.4, -0.2) is 11.2 Å². The second-order valence-corrected chi connectivity index (χ2v) is 5.08. The third-order valence-corrected chi connectivity index (χ3v) is 3.38. The van der Waals surface area contributed by atoms with Gasteiger partial charge in [-0.2, -0.15) is 0 Å². The Labute approximate surface area is 99.6 Å². The molecule has 1 heteroatoms. The van der Waals surface area contributed by atoms with Gasteiger partial charge in [0, 0.05) is 5.92 Å². The van der Waals surface area contributed by atoms with Crippen LogP contribution in [0.5, 0.6) is 0 Å². The molecule has 1 aliphatic carbocycles. The molecule has 0 aromatic heterocycles. The Kier molecular flexibility index (Phi) is 5.01. The molecule has 90 valence electrons. The average Bonchev–Trinajstić information content (AvgIpc) is 2.16. The largest absolute Gasteiger partial charge is 0.388 e. The molecular weight excluding hydrogens is 196 g/mol. The molecule has 0 spiro atoms. The molecule has 0 saturated carbocycles. The van der Waals surface area contributed by atoms with Gasteiger partial charge >= 0.3 is 0 Å². The standard InChI is InChI=1S/C15H24O/c1-11(2)14-9-8-12(3)6-5-7-13(4)10-15(14)16/h6,10,14-16H,1,5,7-9H2,2-4H3/b12-6-,13-10-. The van der Waals surface area contributed by atoms with Crippen LogP contribution in [-0.2, 0) is 0 Å². The number of allylic oxidation sites excluding steroid dienone is 3. The molecule has 0 aromatic carbocycles. The fourth-order valence-electron chi connectivity index (χ4n) is 2.23. The van der Waals surface area contributed by atoms with Crippen molar-refractivity contribution >= 4 is 0 Å². The molecule has 0 aliphatic heterocycles. The first-order valence-corrected chi connectivity index (χ1v) is 6.17. The fraction of sp³-hybridized carbons (Fsp3) is 0.600. The number of hydrogen-bond donors (Lipinski definition) is 1. The van der Waals surface area contributed by atoms with Crippen molar-refractivity contribution in [2.75, 3.05) is 0 Å². The molecule has 0 fully saturated rings. The van der Waals surface area contributed by atoms with Crippen LogP contribution in [0.25, 0.3) is 0 Å². The summed E-state index contributed by atoms with van der Waals surface area (Å²) in [6.07, 6.45) is 8.20. The van der Waals surface area contributed by atoms with Gasteiger partial charge in [-0.15, -0.1) is 0 Å². The van der Waals surface area contributed by atoms with E-state index in [1.54, 1.807) is 0 Å². The second-order valence-electron chi connectivity index (χ2n) is 5.08. The molecule has 0 amide bonds. The fourth-order valence-corrected chi connectivity index (χ4v) is 2.23. The van der Waals surface area contributed by atoms with E-state index in [0.29, 0.717) is 0 Å². The summed E-state index contributed by atoms with van der Waals surface area (Å²) in [4.78, 5) is 0. The summed E-state index contributed by atoms with van der Waals surface area (Å²) in [5, 5.41) is 10.2. The van der Waals surface area contributed by atoms with Crippen LogP contribution < -0.4 is 0 Å². The molecule has 2 unspecified atom stereocenters. The Hall–Kier alpha value is -0.820. The van der Waals surface area contributed by atoms with Crippen LogP contribution in [0.4, 0.5) is 0 Å². The zero-order valence-electron chi connectivity index (χ0n) is 10.8. The summed E-state index contributed by atoms with van der Waals surface area (Å²) in [7, 11) is 0. The third kappa shape index (κ3) is 3.97. The lowest BCUT2D eigenvalue weighted by Crippen LogP contribution is -2.20. The number of aliphatic hydroxyl groups excluding tert-OH is 1. The van der Waals surface area contributed by atoms with Crippen LogP contribution in [0.1, 0.15) is 46.5 Å². The van der Waals surface area contributed by atoms with Crippen molar-refractivity contribution < 1.29 is 5.11 Å². The third-order valence-electron chi connectivity index (χ3n) is 3.38. The molecule has 1 nitrogen and oxygen atoms in total. The van der Waals surface area contributed by atoms with Gasteiger partial charge in [0.1, 0.15) is 0 Å². The summed E-state index contributed by atoms with van der Waals surface area (Å²) in [5.74, 6) is 0.205.